The number of rotatable bonds is 54. The molecule has 0 bridgehead atoms. The van der Waals surface area contributed by atoms with Gasteiger partial charge in [-0.2, -0.15) is 0 Å². The topological polar surface area (TPSA) is 155 Å². The lowest BCUT2D eigenvalue weighted by Crippen LogP contribution is -2.30. The first-order valence-electron chi connectivity index (χ1n) is 29.5. The van der Waals surface area contributed by atoms with Crippen LogP contribution in [0.25, 0.3) is 0 Å². The van der Waals surface area contributed by atoms with Gasteiger partial charge in [-0.25, -0.2) is 4.57 Å². The van der Waals surface area contributed by atoms with Crippen LogP contribution in [-0.4, -0.2) is 66.5 Å². The van der Waals surface area contributed by atoms with E-state index in [0.717, 1.165) is 141 Å². The third kappa shape index (κ3) is 53.5. The summed E-state index contributed by atoms with van der Waals surface area (Å²) in [6.45, 7) is 4.44. The van der Waals surface area contributed by atoms with E-state index >= 15 is 0 Å². The van der Waals surface area contributed by atoms with Crippen molar-refractivity contribution in [1.82, 2.24) is 0 Å². The average molecular weight is 1060 g/mol. The van der Waals surface area contributed by atoms with Gasteiger partial charge in [-0.1, -0.05) is 209 Å². The molecular formula is C62H107O11P. The Bertz CT molecular complexity index is 1560. The maximum absolute atomic E-state index is 12.9. The molecule has 0 fully saturated rings. The second-order valence-corrected chi connectivity index (χ2v) is 20.9. The van der Waals surface area contributed by atoms with Crippen LogP contribution >= 0.6 is 7.82 Å². The zero-order valence-electron chi connectivity index (χ0n) is 47.0. The summed E-state index contributed by atoms with van der Waals surface area (Å²) in [5.74, 6) is -1.50. The summed E-state index contributed by atoms with van der Waals surface area (Å²) in [4.78, 5) is 48.5. The van der Waals surface area contributed by atoms with Gasteiger partial charge in [0, 0.05) is 19.3 Å². The Morgan fingerprint density at radius 1 is 0.392 bits per heavy atom. The summed E-state index contributed by atoms with van der Waals surface area (Å²) in [7, 11) is -4.76. The number of phosphoric acid groups is 1. The number of aliphatic hydroxyl groups excluding tert-OH is 1. The molecule has 3 atom stereocenters. The summed E-state index contributed by atoms with van der Waals surface area (Å²) < 4.78 is 39.5. The van der Waals surface area contributed by atoms with Gasteiger partial charge >= 0.3 is 25.7 Å². The molecule has 0 aromatic carbocycles. The monoisotopic (exact) mass is 1060 g/mol. The second-order valence-electron chi connectivity index (χ2n) is 19.4. The van der Waals surface area contributed by atoms with Crippen LogP contribution in [0.1, 0.15) is 252 Å². The number of ether oxygens (including phenoxy) is 3. The molecule has 0 saturated heterocycles. The normalized spacial score (nSPS) is 14.0. The van der Waals surface area contributed by atoms with Crippen LogP contribution in [0.2, 0.25) is 0 Å². The molecule has 0 spiro atoms. The molecule has 0 rings (SSSR count). The number of carbonyl (C=O) groups excluding carboxylic acids is 3. The van der Waals surface area contributed by atoms with E-state index in [-0.39, 0.29) is 25.9 Å². The molecule has 0 aromatic rings. The predicted molar refractivity (Wildman–Crippen MR) is 307 cm³/mol. The van der Waals surface area contributed by atoms with Crippen LogP contribution in [0.4, 0.5) is 0 Å². The van der Waals surface area contributed by atoms with E-state index in [1.54, 1.807) is 0 Å². The Morgan fingerprint density at radius 3 is 1.14 bits per heavy atom. The summed E-state index contributed by atoms with van der Waals surface area (Å²) in [6, 6.07) is 0. The Balaban J connectivity index is 4.76. The van der Waals surface area contributed by atoms with Gasteiger partial charge in [0.1, 0.15) is 12.7 Å². The highest BCUT2D eigenvalue weighted by molar-refractivity contribution is 7.47. The van der Waals surface area contributed by atoms with Crippen LogP contribution in [0.3, 0.4) is 0 Å². The highest BCUT2D eigenvalue weighted by Gasteiger charge is 2.28. The molecule has 0 heterocycles. The first-order chi connectivity index (χ1) is 36.2. The predicted octanol–water partition coefficient (Wildman–Crippen LogP) is 17.5. The first-order valence-corrected chi connectivity index (χ1v) is 31.0. The SMILES string of the molecule is CC/C=C\C/C=C\C/C=C\C/C=C\CCCCCCCCC(=O)OCC(COP(=O)(O)OCC(CO)OC(=O)CCCCCCC/C=C\CCCC)OC(=O)CCCCCCCCC/C=C\C/C=C\CCCCC. The van der Waals surface area contributed by atoms with Crippen LogP contribution in [0, 0.1) is 0 Å². The van der Waals surface area contributed by atoms with E-state index < -0.39 is 57.8 Å². The minimum absolute atomic E-state index is 0.152. The van der Waals surface area contributed by atoms with Crippen molar-refractivity contribution in [3.8, 4) is 0 Å². The van der Waals surface area contributed by atoms with Gasteiger partial charge in [0.2, 0.25) is 0 Å². The summed E-state index contributed by atoms with van der Waals surface area (Å²) >= 11 is 0. The minimum atomic E-state index is -4.76. The molecule has 0 aliphatic carbocycles. The third-order valence-corrected chi connectivity index (χ3v) is 13.2. The molecule has 74 heavy (non-hydrogen) atoms. The van der Waals surface area contributed by atoms with Crippen LogP contribution in [-0.2, 0) is 42.2 Å². The smallest absolute Gasteiger partial charge is 0.462 e. The van der Waals surface area contributed by atoms with Crippen LogP contribution in [0.15, 0.2) is 85.1 Å². The van der Waals surface area contributed by atoms with E-state index in [2.05, 4.69) is 106 Å². The maximum Gasteiger partial charge on any atom is 0.472 e. The summed E-state index contributed by atoms with van der Waals surface area (Å²) in [6.07, 6.45) is 63.9. The lowest BCUT2D eigenvalue weighted by molar-refractivity contribution is -0.161. The molecule has 0 amide bonds. The quantitative estimate of drug-likeness (QED) is 0.0197. The van der Waals surface area contributed by atoms with E-state index in [9.17, 15) is 28.9 Å². The summed E-state index contributed by atoms with van der Waals surface area (Å²) in [5.41, 5.74) is 0. The van der Waals surface area contributed by atoms with Gasteiger partial charge in [-0.05, 0) is 109 Å². The van der Waals surface area contributed by atoms with Gasteiger partial charge in [-0.15, -0.1) is 0 Å². The van der Waals surface area contributed by atoms with Crippen LogP contribution in [0.5, 0.6) is 0 Å². The van der Waals surface area contributed by atoms with Crippen molar-refractivity contribution in [3.63, 3.8) is 0 Å². The van der Waals surface area contributed by atoms with Crippen molar-refractivity contribution < 1.29 is 52.2 Å². The van der Waals surface area contributed by atoms with E-state index in [4.69, 9.17) is 23.3 Å². The number of allylic oxidation sites excluding steroid dienone is 14. The number of carbonyl (C=O) groups is 3. The van der Waals surface area contributed by atoms with Crippen molar-refractivity contribution in [2.24, 2.45) is 0 Å². The summed E-state index contributed by atoms with van der Waals surface area (Å²) in [5, 5.41) is 9.80. The van der Waals surface area contributed by atoms with E-state index in [0.29, 0.717) is 19.3 Å². The number of phosphoric ester groups is 1. The fourth-order valence-electron chi connectivity index (χ4n) is 7.77. The number of hydrogen-bond acceptors (Lipinski definition) is 10. The van der Waals surface area contributed by atoms with E-state index in [1.165, 1.54) is 51.4 Å². The van der Waals surface area contributed by atoms with Gasteiger partial charge in [0.15, 0.2) is 6.10 Å². The standard InChI is InChI=1S/C62H107O11P/c1-4-7-10-13-16-19-22-24-26-28-29-31-32-34-37-39-42-45-48-51-60(64)69-55-59(73-62(66)53-50-47-44-41-38-35-33-30-27-25-23-20-17-14-11-8-5-2)57-71-74(67,68)70-56-58(54-63)72-61(65)52-49-46-43-40-36-21-18-15-12-9-6-3/h7,10,15-20,24-27,29,31,58-59,63H,4-6,8-9,11-14,21-23,28,30,32-57H2,1-3H3,(H,67,68)/b10-7-,18-15-,19-16-,20-17-,26-24-,27-25-,31-29-. The Hall–Kier alpha value is -3.34. The molecule has 0 aliphatic rings. The second kappa shape index (κ2) is 55.9. The molecule has 0 aromatic heterocycles. The minimum Gasteiger partial charge on any atom is -0.462 e. The third-order valence-electron chi connectivity index (χ3n) is 12.3. The van der Waals surface area contributed by atoms with Crippen molar-refractivity contribution in [2.75, 3.05) is 26.4 Å². The fraction of sp³-hybridized carbons (Fsp3) is 0.726. The molecule has 12 heteroatoms. The molecule has 0 aliphatic heterocycles. The number of unbranched alkanes of at least 4 members (excludes halogenated alkanes) is 23. The zero-order chi connectivity index (χ0) is 54.1. The maximum atomic E-state index is 12.9. The lowest BCUT2D eigenvalue weighted by atomic mass is 10.1. The number of aliphatic hydroxyl groups is 1. The lowest BCUT2D eigenvalue weighted by Gasteiger charge is -2.21. The Kier molecular flexibility index (Phi) is 53.4. The first kappa shape index (κ1) is 70.7. The molecule has 0 saturated carbocycles. The molecule has 2 N–H and O–H groups in total. The van der Waals surface area contributed by atoms with E-state index in [1.807, 2.05) is 0 Å². The van der Waals surface area contributed by atoms with Gasteiger partial charge in [-0.3, -0.25) is 23.4 Å². The van der Waals surface area contributed by atoms with Crippen molar-refractivity contribution in [2.45, 2.75) is 264 Å². The van der Waals surface area contributed by atoms with Crippen LogP contribution < -0.4 is 0 Å². The fourth-order valence-corrected chi connectivity index (χ4v) is 8.55. The largest absolute Gasteiger partial charge is 0.472 e. The van der Waals surface area contributed by atoms with Crippen molar-refractivity contribution in [3.05, 3.63) is 85.1 Å². The molecule has 0 radical (unpaired) electrons. The average Bonchev–Trinajstić information content (AvgIpc) is 3.39. The van der Waals surface area contributed by atoms with Gasteiger partial charge in [0.05, 0.1) is 19.8 Å². The number of esters is 3. The Labute approximate surface area is 451 Å². The molecule has 11 nitrogen and oxygen atoms in total. The highest BCUT2D eigenvalue weighted by atomic mass is 31.2. The van der Waals surface area contributed by atoms with Crippen molar-refractivity contribution in [1.29, 1.82) is 0 Å². The van der Waals surface area contributed by atoms with Gasteiger partial charge < -0.3 is 24.2 Å². The Morgan fingerprint density at radius 2 is 0.716 bits per heavy atom. The molecule has 3 unspecified atom stereocenters. The zero-order valence-corrected chi connectivity index (χ0v) is 47.9. The molecule has 426 valence electrons. The number of hydrogen-bond donors (Lipinski definition) is 2. The molecular weight excluding hydrogens is 952 g/mol. The highest BCUT2D eigenvalue weighted by Crippen LogP contribution is 2.43. The van der Waals surface area contributed by atoms with Gasteiger partial charge in [0.25, 0.3) is 0 Å². The van der Waals surface area contributed by atoms with Crippen molar-refractivity contribution >= 4 is 25.7 Å².